The average molecular weight is 216 g/mol. The third kappa shape index (κ3) is 14.9. The van der Waals surface area contributed by atoms with E-state index in [9.17, 15) is 0 Å². The van der Waals surface area contributed by atoms with E-state index < -0.39 is 0 Å². The largest absolute Gasteiger partial charge is 0.0991 e. The van der Waals surface area contributed by atoms with Crippen molar-refractivity contribution in [1.82, 2.24) is 0 Å². The summed E-state index contributed by atoms with van der Waals surface area (Å²) >= 11 is 0. The van der Waals surface area contributed by atoms with Crippen LogP contribution in [0.2, 0.25) is 0 Å². The van der Waals surface area contributed by atoms with Crippen LogP contribution in [0.1, 0.15) is 26.3 Å². The second-order valence-electron chi connectivity index (χ2n) is 3.10. The third-order valence-corrected chi connectivity index (χ3v) is 1.46. The Hall–Kier alpha value is -1.56. The van der Waals surface area contributed by atoms with Gasteiger partial charge < -0.3 is 0 Å². The number of rotatable bonds is 2. The number of aryl methyl sites for hydroxylation is 1. The summed E-state index contributed by atoms with van der Waals surface area (Å²) in [4.78, 5) is 0. The highest BCUT2D eigenvalue weighted by Gasteiger charge is 1.72. The van der Waals surface area contributed by atoms with Gasteiger partial charge in [0, 0.05) is 0 Å². The van der Waals surface area contributed by atoms with E-state index >= 15 is 0 Å². The molecule has 0 aliphatic rings. The van der Waals surface area contributed by atoms with E-state index in [0.29, 0.717) is 0 Å². The molecule has 0 aliphatic heterocycles. The summed E-state index contributed by atoms with van der Waals surface area (Å²) in [5.41, 5.74) is 2.38. The lowest BCUT2D eigenvalue weighted by Crippen LogP contribution is -1.62. The molecule has 0 fully saturated rings. The van der Waals surface area contributed by atoms with Crippen molar-refractivity contribution >= 4 is 0 Å². The predicted octanol–water partition coefficient (Wildman–Crippen LogP) is 5.33. The monoisotopic (exact) mass is 216 g/mol. The first-order valence-corrected chi connectivity index (χ1v) is 5.63. The van der Waals surface area contributed by atoms with Crippen molar-refractivity contribution in [2.75, 3.05) is 0 Å². The van der Waals surface area contributed by atoms with Gasteiger partial charge in [-0.3, -0.25) is 0 Å². The highest BCUT2D eigenvalue weighted by atomic mass is 13.8. The van der Waals surface area contributed by atoms with Crippen molar-refractivity contribution in [1.29, 1.82) is 0 Å². The molecule has 0 saturated heterocycles. The van der Waals surface area contributed by atoms with Gasteiger partial charge in [-0.05, 0) is 13.8 Å². The highest BCUT2D eigenvalue weighted by Crippen LogP contribution is 1.92. The van der Waals surface area contributed by atoms with Gasteiger partial charge in [0.2, 0.25) is 0 Å². The summed E-state index contributed by atoms with van der Waals surface area (Å²) in [5.74, 6) is 0. The van der Waals surface area contributed by atoms with E-state index in [1.54, 1.807) is 6.08 Å². The second-order valence-corrected chi connectivity index (χ2v) is 3.10. The van der Waals surface area contributed by atoms with E-state index in [2.05, 4.69) is 32.2 Å². The van der Waals surface area contributed by atoms with Crippen LogP contribution in [0.5, 0.6) is 0 Å². The van der Waals surface area contributed by atoms with Crippen LogP contribution in [0.15, 0.2) is 67.3 Å². The molecule has 0 unspecified atom stereocenters. The predicted molar refractivity (Wildman–Crippen MR) is 76.7 cm³/mol. The lowest BCUT2D eigenvalue weighted by Gasteiger charge is -1.82. The highest BCUT2D eigenvalue weighted by molar-refractivity contribution is 5.15. The molecule has 1 aromatic rings. The summed E-state index contributed by atoms with van der Waals surface area (Å²) < 4.78 is 0. The van der Waals surface area contributed by atoms with E-state index in [4.69, 9.17) is 0 Å². The van der Waals surface area contributed by atoms with E-state index in [-0.39, 0.29) is 0 Å². The summed E-state index contributed by atoms with van der Waals surface area (Å²) in [6.45, 7) is 15.2. The topological polar surface area (TPSA) is 0 Å². The van der Waals surface area contributed by atoms with Gasteiger partial charge in [-0.1, -0.05) is 86.7 Å². The van der Waals surface area contributed by atoms with Crippen LogP contribution in [0.3, 0.4) is 0 Å². The van der Waals surface area contributed by atoms with Gasteiger partial charge in [0.1, 0.15) is 0 Å². The zero-order valence-electron chi connectivity index (χ0n) is 11.0. The van der Waals surface area contributed by atoms with Gasteiger partial charge in [-0.25, -0.2) is 0 Å². The van der Waals surface area contributed by atoms with Gasteiger partial charge in [-0.2, -0.15) is 0 Å². The fourth-order valence-electron chi connectivity index (χ4n) is 0.767. The van der Waals surface area contributed by atoms with E-state index in [1.165, 1.54) is 5.56 Å². The van der Waals surface area contributed by atoms with Gasteiger partial charge >= 0.3 is 0 Å². The maximum Gasteiger partial charge on any atom is -0.0398 e. The van der Waals surface area contributed by atoms with Gasteiger partial charge in [0.05, 0.1) is 0 Å². The molecule has 1 aromatic carbocycles. The fraction of sp³-hybridized carbons (Fsp3) is 0.250. The van der Waals surface area contributed by atoms with E-state index in [1.807, 2.05) is 51.1 Å². The van der Waals surface area contributed by atoms with Gasteiger partial charge in [0.25, 0.3) is 0 Å². The molecule has 0 spiro atoms. The summed E-state index contributed by atoms with van der Waals surface area (Å²) in [7, 11) is 0. The van der Waals surface area contributed by atoms with Crippen LogP contribution in [-0.4, -0.2) is 0 Å². The van der Waals surface area contributed by atoms with Crippen molar-refractivity contribution < 1.29 is 0 Å². The molecular weight excluding hydrogens is 192 g/mol. The first kappa shape index (κ1) is 16.9. The molecule has 0 aliphatic carbocycles. The molecule has 0 heteroatoms. The molecule has 0 N–H and O–H groups in total. The number of hydrogen-bond donors (Lipinski definition) is 0. The van der Waals surface area contributed by atoms with Crippen LogP contribution in [0, 0.1) is 6.92 Å². The van der Waals surface area contributed by atoms with Gasteiger partial charge in [-0.15, -0.1) is 0 Å². The molecule has 0 aromatic heterocycles. The molecule has 1 rings (SSSR count). The Balaban J connectivity index is 0. The fourth-order valence-corrected chi connectivity index (χ4v) is 0.767. The Morgan fingerprint density at radius 1 is 1.12 bits per heavy atom. The minimum atomic E-state index is 1.06. The molecule has 0 radical (unpaired) electrons. The quantitative estimate of drug-likeness (QED) is 0.586. The SMILES string of the molecule is C=C/C=C\C(=C)C.CC.Cc1ccccc1. The van der Waals surface area contributed by atoms with E-state index in [0.717, 1.165) is 5.57 Å². The molecule has 0 nitrogen and oxygen atoms in total. The minimum Gasteiger partial charge on any atom is -0.0991 e. The molecule has 16 heavy (non-hydrogen) atoms. The second kappa shape index (κ2) is 13.4. The molecular formula is C16H24. The molecule has 88 valence electrons. The van der Waals surface area contributed by atoms with Gasteiger partial charge in [0.15, 0.2) is 0 Å². The maximum atomic E-state index is 3.66. The lowest BCUT2D eigenvalue weighted by molar-refractivity contribution is 1.48. The zero-order chi connectivity index (χ0) is 12.8. The number of benzene rings is 1. The maximum absolute atomic E-state index is 3.66. The molecule has 0 atom stereocenters. The molecule has 0 heterocycles. The molecule has 0 amide bonds. The van der Waals surface area contributed by atoms with Crippen LogP contribution in [0.25, 0.3) is 0 Å². The summed E-state index contributed by atoms with van der Waals surface area (Å²) in [5, 5.41) is 0. The third-order valence-electron chi connectivity index (χ3n) is 1.46. The Morgan fingerprint density at radius 2 is 1.62 bits per heavy atom. The van der Waals surface area contributed by atoms with Crippen LogP contribution in [-0.2, 0) is 0 Å². The minimum absolute atomic E-state index is 1.06. The van der Waals surface area contributed by atoms with Crippen molar-refractivity contribution in [2.45, 2.75) is 27.7 Å². The first-order valence-electron chi connectivity index (χ1n) is 5.63. The van der Waals surface area contributed by atoms with Crippen molar-refractivity contribution in [3.05, 3.63) is 72.9 Å². The molecule has 0 saturated carbocycles. The Bertz CT molecular complexity index is 291. The zero-order valence-corrected chi connectivity index (χ0v) is 11.0. The van der Waals surface area contributed by atoms with Crippen molar-refractivity contribution in [3.63, 3.8) is 0 Å². The lowest BCUT2D eigenvalue weighted by atomic mass is 10.2. The summed E-state index contributed by atoms with van der Waals surface area (Å²) in [6.07, 6.45) is 5.50. The van der Waals surface area contributed by atoms with Crippen LogP contribution < -0.4 is 0 Å². The molecule has 0 bridgehead atoms. The van der Waals surface area contributed by atoms with Crippen molar-refractivity contribution in [2.24, 2.45) is 0 Å². The first-order chi connectivity index (χ1) is 7.66. The Labute approximate surface area is 101 Å². The Kier molecular flexibility index (Phi) is 14.2. The number of hydrogen-bond acceptors (Lipinski definition) is 0. The standard InChI is InChI=1S/C7H8.C7H10.C2H6/c1-7-5-3-2-4-6-7;1-4-5-6-7(2)3;1-2/h2-6H,1H3;4-6H,1-2H2,3H3;1-2H3/b;6-5-;. The van der Waals surface area contributed by atoms with Crippen molar-refractivity contribution in [3.8, 4) is 0 Å². The normalized spacial score (nSPS) is 8.25. The average Bonchev–Trinajstić information content (AvgIpc) is 2.31. The smallest absolute Gasteiger partial charge is 0.0398 e. The Morgan fingerprint density at radius 3 is 1.81 bits per heavy atom. The van der Waals surface area contributed by atoms with Crippen LogP contribution >= 0.6 is 0 Å². The summed E-state index contributed by atoms with van der Waals surface area (Å²) in [6, 6.07) is 10.3. The number of allylic oxidation sites excluding steroid dienone is 4. The van der Waals surface area contributed by atoms with Crippen LogP contribution in [0.4, 0.5) is 0 Å².